The van der Waals surface area contributed by atoms with Crippen LogP contribution in [0.2, 0.25) is 0 Å². The number of fused-ring (bicyclic) bond motifs is 1. The van der Waals surface area contributed by atoms with Crippen LogP contribution in [-0.2, 0) is 12.8 Å². The molecule has 0 aliphatic carbocycles. The second kappa shape index (κ2) is 12.3. The van der Waals surface area contributed by atoms with E-state index in [1.807, 2.05) is 0 Å². The number of hydrogen-bond donors (Lipinski definition) is 2. The fourth-order valence-electron chi connectivity index (χ4n) is 5.12. The molecular formula is C33H31ClN4S3. The van der Waals surface area contributed by atoms with E-state index in [1.54, 1.807) is 22.7 Å². The molecule has 0 radical (unpaired) electrons. The fraction of sp³-hybridized carbons (Fsp3) is 0.212. The molecule has 0 saturated carbocycles. The summed E-state index contributed by atoms with van der Waals surface area (Å²) in [5.41, 5.74) is 23.1. The molecule has 0 fully saturated rings. The Bertz CT molecular complexity index is 1650. The van der Waals surface area contributed by atoms with Crippen LogP contribution in [0.4, 0.5) is 11.4 Å². The summed E-state index contributed by atoms with van der Waals surface area (Å²) in [7, 11) is 0. The number of halogens is 1. The van der Waals surface area contributed by atoms with Crippen LogP contribution in [0.1, 0.15) is 37.3 Å². The third kappa shape index (κ3) is 5.64. The first-order valence-electron chi connectivity index (χ1n) is 13.9. The minimum Gasteiger partial charge on any atom is -0.396 e. The predicted molar refractivity (Wildman–Crippen MR) is 181 cm³/mol. The highest BCUT2D eigenvalue weighted by Crippen LogP contribution is 2.49. The molecule has 0 spiro atoms. The van der Waals surface area contributed by atoms with Crippen molar-refractivity contribution in [2.24, 2.45) is 0 Å². The van der Waals surface area contributed by atoms with Gasteiger partial charge in [-0.3, -0.25) is 0 Å². The summed E-state index contributed by atoms with van der Waals surface area (Å²) in [6.07, 6.45) is 5.52. The zero-order chi connectivity index (χ0) is 28.3. The number of alkyl halides is 1. The molecule has 4 nitrogen and oxygen atoms in total. The van der Waals surface area contributed by atoms with Crippen LogP contribution < -0.4 is 11.5 Å². The molecule has 0 saturated heterocycles. The molecule has 0 unspecified atom stereocenters. The maximum absolute atomic E-state index is 6.78. The van der Waals surface area contributed by atoms with Gasteiger partial charge in [-0.2, -0.15) is 8.75 Å². The van der Waals surface area contributed by atoms with Gasteiger partial charge in [0.1, 0.15) is 11.0 Å². The monoisotopic (exact) mass is 614 g/mol. The number of thiophene rings is 2. The second-order valence-corrected chi connectivity index (χ2v) is 13.2. The zero-order valence-corrected chi connectivity index (χ0v) is 26.0. The normalized spacial score (nSPS) is 11.5. The largest absolute Gasteiger partial charge is 0.396 e. The first-order valence-corrected chi connectivity index (χ1v) is 16.7. The number of hydrogen-bond acceptors (Lipinski definition) is 7. The van der Waals surface area contributed by atoms with Crippen molar-refractivity contribution in [3.05, 3.63) is 83.9 Å². The third-order valence-electron chi connectivity index (χ3n) is 7.39. The molecule has 0 aliphatic heterocycles. The molecule has 208 valence electrons. The van der Waals surface area contributed by atoms with Gasteiger partial charge >= 0.3 is 0 Å². The lowest BCUT2D eigenvalue weighted by Crippen LogP contribution is -2.00. The van der Waals surface area contributed by atoms with Crippen LogP contribution in [0.25, 0.3) is 52.8 Å². The number of aromatic nitrogens is 2. The van der Waals surface area contributed by atoms with Gasteiger partial charge in [0.2, 0.25) is 0 Å². The lowest BCUT2D eigenvalue weighted by Gasteiger charge is -2.12. The lowest BCUT2D eigenvalue weighted by molar-refractivity contribution is 0.795. The zero-order valence-electron chi connectivity index (χ0n) is 22.8. The summed E-state index contributed by atoms with van der Waals surface area (Å²) in [5.74, 6) is 0.681. The number of aryl methyl sites for hydroxylation is 2. The smallest absolute Gasteiger partial charge is 0.116 e. The van der Waals surface area contributed by atoms with E-state index in [1.165, 1.54) is 56.6 Å². The summed E-state index contributed by atoms with van der Waals surface area (Å²) in [6.45, 7) is 2.23. The number of benzene rings is 3. The Morgan fingerprint density at radius 2 is 1.05 bits per heavy atom. The van der Waals surface area contributed by atoms with Crippen molar-refractivity contribution in [2.75, 3.05) is 17.3 Å². The van der Waals surface area contributed by atoms with Crippen molar-refractivity contribution >= 4 is 68.4 Å². The number of rotatable bonds is 10. The number of unbranched alkanes of at least 4 members (excludes halogenated alkanes) is 1. The highest BCUT2D eigenvalue weighted by molar-refractivity contribution is 7.19. The molecule has 0 amide bonds. The van der Waals surface area contributed by atoms with Gasteiger partial charge in [0.25, 0.3) is 0 Å². The SMILES string of the molecule is CCCCc1ccc(-c2ccc(-c3c(N)c(N)c(-c4ccc(-c5ccc(CCCCl)cc5)s4)c4nsnc34)s2)cc1. The average molecular weight is 615 g/mol. The number of nitrogen functional groups attached to an aromatic ring is 2. The van der Waals surface area contributed by atoms with Crippen molar-refractivity contribution in [3.8, 4) is 41.8 Å². The van der Waals surface area contributed by atoms with E-state index in [9.17, 15) is 0 Å². The summed E-state index contributed by atoms with van der Waals surface area (Å²) < 4.78 is 9.40. The first-order chi connectivity index (χ1) is 20.1. The first kappa shape index (κ1) is 27.9. The third-order valence-corrected chi connectivity index (χ3v) is 10.5. The number of nitrogens with two attached hydrogens (primary N) is 2. The van der Waals surface area contributed by atoms with Crippen molar-refractivity contribution in [3.63, 3.8) is 0 Å². The van der Waals surface area contributed by atoms with Gasteiger partial charge in [0, 0.05) is 36.5 Å². The predicted octanol–water partition coefficient (Wildman–Crippen LogP) is 10.2. The Morgan fingerprint density at radius 3 is 1.49 bits per heavy atom. The van der Waals surface area contributed by atoms with Crippen LogP contribution in [0.5, 0.6) is 0 Å². The molecule has 0 atom stereocenters. The van der Waals surface area contributed by atoms with Crippen LogP contribution in [0, 0.1) is 0 Å². The van der Waals surface area contributed by atoms with Crippen molar-refractivity contribution < 1.29 is 0 Å². The van der Waals surface area contributed by atoms with Crippen LogP contribution in [0.3, 0.4) is 0 Å². The van der Waals surface area contributed by atoms with E-state index >= 15 is 0 Å². The number of anilines is 2. The quantitative estimate of drug-likeness (QED) is 0.119. The lowest BCUT2D eigenvalue weighted by atomic mass is 10.0. The van der Waals surface area contributed by atoms with E-state index in [4.69, 9.17) is 31.8 Å². The Kier molecular flexibility index (Phi) is 8.40. The highest BCUT2D eigenvalue weighted by atomic mass is 35.5. The Labute approximate surface area is 258 Å². The Balaban J connectivity index is 1.33. The van der Waals surface area contributed by atoms with E-state index in [2.05, 4.69) is 79.7 Å². The summed E-state index contributed by atoms with van der Waals surface area (Å²) in [6, 6.07) is 26.1. The maximum atomic E-state index is 6.78. The van der Waals surface area contributed by atoms with Gasteiger partial charge in [-0.15, -0.1) is 34.3 Å². The highest BCUT2D eigenvalue weighted by Gasteiger charge is 2.23. The molecule has 6 aromatic rings. The van der Waals surface area contributed by atoms with Crippen molar-refractivity contribution in [2.45, 2.75) is 39.0 Å². The van der Waals surface area contributed by atoms with E-state index in [0.29, 0.717) is 17.3 Å². The summed E-state index contributed by atoms with van der Waals surface area (Å²) in [5, 5.41) is 0. The van der Waals surface area contributed by atoms with Gasteiger partial charge in [-0.1, -0.05) is 61.9 Å². The molecule has 6 rings (SSSR count). The molecule has 0 aliphatic rings. The molecular weight excluding hydrogens is 584 g/mol. The molecule has 8 heteroatoms. The molecule has 4 N–H and O–H groups in total. The van der Waals surface area contributed by atoms with Crippen LogP contribution in [0.15, 0.2) is 72.8 Å². The van der Waals surface area contributed by atoms with Crippen LogP contribution >= 0.6 is 46.0 Å². The van der Waals surface area contributed by atoms with E-state index < -0.39 is 0 Å². The van der Waals surface area contributed by atoms with E-state index in [-0.39, 0.29) is 0 Å². The number of nitrogens with zero attached hydrogens (tertiary/aromatic N) is 2. The van der Waals surface area contributed by atoms with E-state index in [0.717, 1.165) is 51.2 Å². The van der Waals surface area contributed by atoms with Gasteiger partial charge in [0.05, 0.1) is 23.1 Å². The van der Waals surface area contributed by atoms with Crippen molar-refractivity contribution in [1.82, 2.24) is 8.75 Å². The second-order valence-electron chi connectivity index (χ2n) is 10.2. The molecule has 3 aromatic carbocycles. The molecule has 0 bridgehead atoms. The van der Waals surface area contributed by atoms with Gasteiger partial charge < -0.3 is 11.5 Å². The Morgan fingerprint density at radius 1 is 0.610 bits per heavy atom. The molecule has 41 heavy (non-hydrogen) atoms. The minimum absolute atomic E-state index is 0.556. The Hall–Kier alpha value is -3.23. The van der Waals surface area contributed by atoms with Gasteiger partial charge in [0.15, 0.2) is 0 Å². The average Bonchev–Trinajstić information content (AvgIpc) is 3.78. The van der Waals surface area contributed by atoms with Crippen molar-refractivity contribution in [1.29, 1.82) is 0 Å². The van der Waals surface area contributed by atoms with Gasteiger partial charge in [-0.25, -0.2) is 0 Å². The maximum Gasteiger partial charge on any atom is 0.116 e. The summed E-state index contributed by atoms with van der Waals surface area (Å²) >= 11 is 10.5. The summed E-state index contributed by atoms with van der Waals surface area (Å²) in [4.78, 5) is 4.45. The minimum atomic E-state index is 0.556. The molecule has 3 heterocycles. The topological polar surface area (TPSA) is 77.8 Å². The van der Waals surface area contributed by atoms with Crippen LogP contribution in [-0.4, -0.2) is 14.6 Å². The fourth-order valence-corrected chi connectivity index (χ4v) is 7.95. The molecule has 3 aromatic heterocycles. The van der Waals surface area contributed by atoms with Gasteiger partial charge in [-0.05, 0) is 72.2 Å². The standard InChI is InChI=1S/C33H31ClN4S3/c1-2-3-5-20-7-11-22(12-8-20)24-15-17-26(39-24)28-30(35)31(36)29(33-32(28)37-41-38-33)27-18-16-25(40-27)23-13-9-21(10-14-23)6-4-19-34/h7-18H,2-6,19,35-36H2,1H3.